The van der Waals surface area contributed by atoms with Crippen molar-refractivity contribution in [3.63, 3.8) is 0 Å². The van der Waals surface area contributed by atoms with Crippen molar-refractivity contribution in [2.75, 3.05) is 31.2 Å². The monoisotopic (exact) mass is 422 g/mol. The molecular weight excluding hydrogens is 399 g/mol. The number of halogens is 1. The molecule has 2 aromatic heterocycles. The summed E-state index contributed by atoms with van der Waals surface area (Å²) in [6, 6.07) is 6.96. The maximum Gasteiger partial charge on any atom is 0.271 e. The molecule has 3 aliphatic heterocycles. The molecule has 2 saturated heterocycles. The van der Waals surface area contributed by atoms with Crippen molar-refractivity contribution in [1.29, 1.82) is 0 Å². The molecule has 0 saturated carbocycles. The van der Waals surface area contributed by atoms with Gasteiger partial charge < -0.3 is 9.64 Å². The molecule has 0 unspecified atom stereocenters. The van der Waals surface area contributed by atoms with Crippen LogP contribution in [0.3, 0.4) is 0 Å². The molecule has 3 aromatic rings. The van der Waals surface area contributed by atoms with Gasteiger partial charge in [0.15, 0.2) is 5.65 Å². The van der Waals surface area contributed by atoms with Gasteiger partial charge in [-0.15, -0.1) is 0 Å². The predicted octanol–water partition coefficient (Wildman–Crippen LogP) is 2.11. The van der Waals surface area contributed by atoms with Crippen LogP contribution in [-0.2, 0) is 11.2 Å². The van der Waals surface area contributed by atoms with E-state index in [1.54, 1.807) is 16.8 Å². The first kappa shape index (κ1) is 18.7. The second kappa shape index (κ2) is 7.28. The van der Waals surface area contributed by atoms with Crippen molar-refractivity contribution >= 4 is 17.4 Å². The van der Waals surface area contributed by atoms with Crippen LogP contribution in [0.2, 0.25) is 0 Å². The second-order valence-corrected chi connectivity index (χ2v) is 8.37. The zero-order valence-corrected chi connectivity index (χ0v) is 17.0. The molecular formula is C22H23FN6O2. The van der Waals surface area contributed by atoms with Crippen LogP contribution in [0.5, 0.6) is 0 Å². The Bertz CT molecular complexity index is 1160. The number of aromatic nitrogens is 3. The summed E-state index contributed by atoms with van der Waals surface area (Å²) < 4.78 is 21.7. The quantitative estimate of drug-likeness (QED) is 0.598. The Morgan fingerprint density at radius 2 is 2.16 bits per heavy atom. The van der Waals surface area contributed by atoms with Gasteiger partial charge in [-0.1, -0.05) is 6.07 Å². The largest absolute Gasteiger partial charge is 0.378 e. The molecule has 1 aromatic carbocycles. The van der Waals surface area contributed by atoms with Crippen molar-refractivity contribution in [2.24, 2.45) is 0 Å². The van der Waals surface area contributed by atoms with Crippen molar-refractivity contribution in [3.8, 4) is 0 Å². The molecule has 0 aliphatic carbocycles. The minimum atomic E-state index is -0.235. The number of nitrogens with zero attached hydrogens (tertiary/aromatic N) is 5. The van der Waals surface area contributed by atoms with E-state index in [1.165, 1.54) is 6.07 Å². The first-order valence-corrected chi connectivity index (χ1v) is 10.7. The van der Waals surface area contributed by atoms with Gasteiger partial charge >= 0.3 is 0 Å². The summed E-state index contributed by atoms with van der Waals surface area (Å²) in [6.07, 6.45) is 5.97. The molecule has 9 heteroatoms. The summed E-state index contributed by atoms with van der Waals surface area (Å²) in [7, 11) is 0. The van der Waals surface area contributed by atoms with Crippen LogP contribution >= 0.6 is 0 Å². The number of hydrazine groups is 1. The highest BCUT2D eigenvalue weighted by Crippen LogP contribution is 2.38. The summed E-state index contributed by atoms with van der Waals surface area (Å²) in [6.45, 7) is 2.46. The fourth-order valence-electron chi connectivity index (χ4n) is 5.02. The standard InChI is InChI=1S/C22H23FN6O2/c23-15-4-3-14-10-16-13-31-9-8-28(16)26-22(30)18-12-24-29-7-5-20(25-21(18)29)27-6-1-2-19(27)17(14)11-15/h3-5,7,11-12,16,19H,1-2,6,8-10,13H2,(H,26,30)/t16-,19-/m1/s1. The van der Waals surface area contributed by atoms with Gasteiger partial charge in [0, 0.05) is 19.3 Å². The van der Waals surface area contributed by atoms with Crippen molar-refractivity contribution in [1.82, 2.24) is 25.0 Å². The SMILES string of the molecule is O=C1NN2CCOC[C@H]2Cc2ccc(F)cc2[C@H]2CCCN2c2ccn3ncc1c3n2. The van der Waals surface area contributed by atoms with Crippen LogP contribution in [0.25, 0.3) is 5.65 Å². The average Bonchev–Trinajstić information content (AvgIpc) is 3.42. The zero-order valence-electron chi connectivity index (χ0n) is 17.0. The third-order valence-electron chi connectivity index (χ3n) is 6.54. The molecule has 31 heavy (non-hydrogen) atoms. The van der Waals surface area contributed by atoms with E-state index < -0.39 is 0 Å². The third-order valence-corrected chi connectivity index (χ3v) is 6.54. The molecule has 8 nitrogen and oxygen atoms in total. The van der Waals surface area contributed by atoms with Crippen LogP contribution in [0.4, 0.5) is 10.2 Å². The van der Waals surface area contributed by atoms with E-state index in [2.05, 4.69) is 15.4 Å². The Morgan fingerprint density at radius 3 is 3.10 bits per heavy atom. The maximum atomic E-state index is 14.3. The van der Waals surface area contributed by atoms with Crippen molar-refractivity contribution in [3.05, 3.63) is 59.2 Å². The number of nitrogens with one attached hydrogen (secondary N) is 1. The summed E-state index contributed by atoms with van der Waals surface area (Å²) >= 11 is 0. The average molecular weight is 422 g/mol. The number of fused-ring (bicyclic) bond motifs is 6. The Morgan fingerprint density at radius 1 is 1.23 bits per heavy atom. The highest BCUT2D eigenvalue weighted by atomic mass is 19.1. The van der Waals surface area contributed by atoms with Gasteiger partial charge in [-0.05, 0) is 48.6 Å². The van der Waals surface area contributed by atoms with Gasteiger partial charge in [0.05, 0.1) is 31.5 Å². The fraction of sp³-hybridized carbons (Fsp3) is 0.409. The fourth-order valence-corrected chi connectivity index (χ4v) is 5.02. The normalized spacial score (nSPS) is 24.0. The lowest BCUT2D eigenvalue weighted by molar-refractivity contribution is -0.0294. The number of ether oxygens (including phenoxy) is 1. The molecule has 2 fully saturated rings. The topological polar surface area (TPSA) is 75.0 Å². The number of carbonyl (C=O) groups excluding carboxylic acids is 1. The van der Waals surface area contributed by atoms with Crippen LogP contribution in [0.1, 0.15) is 40.4 Å². The van der Waals surface area contributed by atoms with Crippen molar-refractivity contribution in [2.45, 2.75) is 31.3 Å². The lowest BCUT2D eigenvalue weighted by Crippen LogP contribution is -2.55. The van der Waals surface area contributed by atoms with E-state index in [1.807, 2.05) is 23.3 Å². The molecule has 3 aliphatic rings. The predicted molar refractivity (Wildman–Crippen MR) is 111 cm³/mol. The second-order valence-electron chi connectivity index (χ2n) is 8.37. The van der Waals surface area contributed by atoms with Gasteiger partial charge in [0.2, 0.25) is 0 Å². The summed E-state index contributed by atoms with van der Waals surface area (Å²) in [5, 5.41) is 6.24. The third kappa shape index (κ3) is 3.16. The number of rotatable bonds is 0. The lowest BCUT2D eigenvalue weighted by atomic mass is 9.93. The number of hydrogen-bond acceptors (Lipinski definition) is 6. The van der Waals surface area contributed by atoms with E-state index in [0.29, 0.717) is 37.4 Å². The summed E-state index contributed by atoms with van der Waals surface area (Å²) in [4.78, 5) is 20.1. The molecule has 2 atom stereocenters. The van der Waals surface area contributed by atoms with E-state index in [-0.39, 0.29) is 23.8 Å². The number of amides is 1. The summed E-state index contributed by atoms with van der Waals surface area (Å²) in [5.74, 6) is 0.310. The molecule has 6 rings (SSSR count). The highest BCUT2D eigenvalue weighted by molar-refractivity contribution is 5.99. The number of anilines is 1. The van der Waals surface area contributed by atoms with Gasteiger partial charge in [-0.25, -0.2) is 18.9 Å². The van der Waals surface area contributed by atoms with E-state index in [9.17, 15) is 9.18 Å². The number of carbonyl (C=O) groups is 1. The first-order chi connectivity index (χ1) is 15.2. The highest BCUT2D eigenvalue weighted by Gasteiger charge is 2.33. The Hall–Kier alpha value is -3.04. The van der Waals surface area contributed by atoms with Gasteiger partial charge in [0.1, 0.15) is 17.2 Å². The smallest absolute Gasteiger partial charge is 0.271 e. The minimum absolute atomic E-state index is 0.0365. The molecule has 0 spiro atoms. The van der Waals surface area contributed by atoms with E-state index in [0.717, 1.165) is 36.3 Å². The first-order valence-electron chi connectivity index (χ1n) is 10.7. The van der Waals surface area contributed by atoms with Crippen LogP contribution in [-0.4, -0.2) is 57.9 Å². The van der Waals surface area contributed by atoms with E-state index >= 15 is 0 Å². The van der Waals surface area contributed by atoms with Crippen LogP contribution in [0, 0.1) is 5.82 Å². The molecule has 2 bridgehead atoms. The van der Waals surface area contributed by atoms with Crippen molar-refractivity contribution < 1.29 is 13.9 Å². The maximum absolute atomic E-state index is 14.3. The van der Waals surface area contributed by atoms with Gasteiger partial charge in [-0.2, -0.15) is 5.10 Å². The summed E-state index contributed by atoms with van der Waals surface area (Å²) in [5.41, 5.74) is 6.06. The van der Waals surface area contributed by atoms with Crippen LogP contribution < -0.4 is 10.3 Å². The molecule has 5 heterocycles. The molecule has 0 radical (unpaired) electrons. The number of morpholine rings is 1. The molecule has 1 N–H and O–H groups in total. The zero-order chi connectivity index (χ0) is 20.9. The minimum Gasteiger partial charge on any atom is -0.378 e. The Balaban J connectivity index is 1.54. The number of benzene rings is 1. The molecule has 1 amide bonds. The van der Waals surface area contributed by atoms with E-state index in [4.69, 9.17) is 9.72 Å². The van der Waals surface area contributed by atoms with Gasteiger partial charge in [0.25, 0.3) is 5.91 Å². The van der Waals surface area contributed by atoms with Gasteiger partial charge in [-0.3, -0.25) is 10.2 Å². The Labute approximate surface area is 178 Å². The number of hydrogen-bond donors (Lipinski definition) is 1. The lowest BCUT2D eigenvalue weighted by Gasteiger charge is -2.36. The Kier molecular flexibility index (Phi) is 4.39. The van der Waals surface area contributed by atoms with Crippen LogP contribution in [0.15, 0.2) is 36.7 Å². The molecule has 160 valence electrons.